The molecule has 1 aliphatic heterocycles. The molecule has 1 aromatic heterocycles. The van der Waals surface area contributed by atoms with E-state index in [2.05, 4.69) is 15.5 Å². The van der Waals surface area contributed by atoms with Crippen molar-refractivity contribution in [2.45, 2.75) is 51.4 Å². The van der Waals surface area contributed by atoms with Crippen molar-refractivity contribution in [1.29, 1.82) is 0 Å². The minimum atomic E-state index is -0.145. The molecular formula is C25H28ClN5O2S. The average Bonchev–Trinajstić information content (AvgIpc) is 3.46. The summed E-state index contributed by atoms with van der Waals surface area (Å²) in [4.78, 5) is 27.6. The highest BCUT2D eigenvalue weighted by Crippen LogP contribution is 2.34. The molecule has 1 atom stereocenters. The van der Waals surface area contributed by atoms with E-state index in [0.29, 0.717) is 28.8 Å². The van der Waals surface area contributed by atoms with Gasteiger partial charge >= 0.3 is 0 Å². The lowest BCUT2D eigenvalue weighted by Crippen LogP contribution is -2.32. The van der Waals surface area contributed by atoms with Crippen LogP contribution in [0.15, 0.2) is 47.6 Å². The van der Waals surface area contributed by atoms with E-state index in [1.54, 1.807) is 24.3 Å². The third-order valence-corrected chi connectivity index (χ3v) is 7.26. The topological polar surface area (TPSA) is 80.1 Å². The number of halogens is 1. The summed E-state index contributed by atoms with van der Waals surface area (Å²) in [6, 6.07) is 12.8. The molecular weight excluding hydrogens is 470 g/mol. The van der Waals surface area contributed by atoms with Crippen molar-refractivity contribution in [2.24, 2.45) is 0 Å². The van der Waals surface area contributed by atoms with Crippen molar-refractivity contribution in [1.82, 2.24) is 19.7 Å². The average molecular weight is 498 g/mol. The number of likely N-dealkylation sites (tertiary alicyclic amines) is 1. The van der Waals surface area contributed by atoms with Crippen LogP contribution < -0.4 is 5.32 Å². The van der Waals surface area contributed by atoms with Gasteiger partial charge in [0.1, 0.15) is 0 Å². The highest BCUT2D eigenvalue weighted by atomic mass is 35.5. The van der Waals surface area contributed by atoms with E-state index in [9.17, 15) is 9.59 Å². The van der Waals surface area contributed by atoms with Crippen molar-refractivity contribution in [3.05, 3.63) is 70.0 Å². The van der Waals surface area contributed by atoms with Crippen LogP contribution >= 0.6 is 23.4 Å². The standard InChI is InChI=1S/C25H28ClN5O2S/c1-4-30-23(20-9-6-14-31(20)24(33)18-10-12-19(26)13-11-18)28-29-25(30)34-15-21(32)27-22-16(2)7-5-8-17(22)3/h5,7-8,10-13,20H,4,6,9,14-15H2,1-3H3,(H,27,32). The Hall–Kier alpha value is -2.84. The van der Waals surface area contributed by atoms with Crippen molar-refractivity contribution >= 4 is 40.9 Å². The number of benzene rings is 2. The van der Waals surface area contributed by atoms with E-state index in [1.807, 2.05) is 48.4 Å². The molecule has 0 radical (unpaired) electrons. The summed E-state index contributed by atoms with van der Waals surface area (Å²) < 4.78 is 2.01. The second-order valence-electron chi connectivity index (χ2n) is 8.35. The fourth-order valence-electron chi connectivity index (χ4n) is 4.30. The minimum absolute atomic E-state index is 0.0352. The third kappa shape index (κ3) is 5.13. The van der Waals surface area contributed by atoms with Crippen LogP contribution in [0.3, 0.4) is 0 Å². The summed E-state index contributed by atoms with van der Waals surface area (Å²) in [6.45, 7) is 7.31. The Balaban J connectivity index is 1.47. The predicted octanol–water partition coefficient (Wildman–Crippen LogP) is 5.28. The summed E-state index contributed by atoms with van der Waals surface area (Å²) in [5.74, 6) is 0.867. The predicted molar refractivity (Wildman–Crippen MR) is 135 cm³/mol. The molecule has 1 saturated heterocycles. The maximum atomic E-state index is 13.2. The Bertz CT molecular complexity index is 1170. The number of anilines is 1. The number of nitrogens with zero attached hydrogens (tertiary/aromatic N) is 4. The van der Waals surface area contributed by atoms with Gasteiger partial charge in [-0.25, -0.2) is 0 Å². The largest absolute Gasteiger partial charge is 0.328 e. The molecule has 7 nitrogen and oxygen atoms in total. The third-order valence-electron chi connectivity index (χ3n) is 6.04. The van der Waals surface area contributed by atoms with Crippen molar-refractivity contribution in [3.63, 3.8) is 0 Å². The second kappa shape index (κ2) is 10.6. The SMILES string of the molecule is CCn1c(SCC(=O)Nc2c(C)cccc2C)nnc1C1CCCN1C(=O)c1ccc(Cl)cc1. The second-order valence-corrected chi connectivity index (χ2v) is 9.73. The fourth-order valence-corrected chi connectivity index (χ4v) is 5.24. The number of aromatic nitrogens is 3. The van der Waals surface area contributed by atoms with Gasteiger partial charge in [0.05, 0.1) is 11.8 Å². The molecule has 1 fully saturated rings. The maximum Gasteiger partial charge on any atom is 0.254 e. The number of hydrogen-bond acceptors (Lipinski definition) is 5. The van der Waals surface area contributed by atoms with Crippen molar-refractivity contribution in [3.8, 4) is 0 Å². The number of carbonyl (C=O) groups excluding carboxylic acids is 2. The van der Waals surface area contributed by atoms with Crippen LogP contribution in [0.25, 0.3) is 0 Å². The number of amides is 2. The van der Waals surface area contributed by atoms with Crippen LogP contribution in [0, 0.1) is 13.8 Å². The Morgan fingerprint density at radius 2 is 1.82 bits per heavy atom. The number of para-hydroxylation sites is 1. The molecule has 0 spiro atoms. The lowest BCUT2D eigenvalue weighted by atomic mass is 10.1. The van der Waals surface area contributed by atoms with E-state index >= 15 is 0 Å². The van der Waals surface area contributed by atoms with Crippen LogP contribution in [-0.2, 0) is 11.3 Å². The van der Waals surface area contributed by atoms with Crippen LogP contribution in [-0.4, -0.2) is 43.8 Å². The molecule has 9 heteroatoms. The first-order valence-corrected chi connectivity index (χ1v) is 12.7. The van der Waals surface area contributed by atoms with E-state index in [1.165, 1.54) is 11.8 Å². The lowest BCUT2D eigenvalue weighted by molar-refractivity contribution is -0.113. The van der Waals surface area contributed by atoms with Crippen LogP contribution in [0.5, 0.6) is 0 Å². The number of carbonyl (C=O) groups is 2. The van der Waals surface area contributed by atoms with Gasteiger partial charge in [-0.2, -0.15) is 0 Å². The quantitative estimate of drug-likeness (QED) is 0.449. The molecule has 2 heterocycles. The summed E-state index contributed by atoms with van der Waals surface area (Å²) >= 11 is 7.34. The van der Waals surface area contributed by atoms with Gasteiger partial charge in [0.15, 0.2) is 11.0 Å². The Kier molecular flexibility index (Phi) is 7.58. The molecule has 4 rings (SSSR count). The van der Waals surface area contributed by atoms with Gasteiger partial charge in [-0.05, 0) is 69.0 Å². The van der Waals surface area contributed by atoms with Crippen molar-refractivity contribution in [2.75, 3.05) is 17.6 Å². The number of aryl methyl sites for hydroxylation is 2. The van der Waals surface area contributed by atoms with Gasteiger partial charge < -0.3 is 14.8 Å². The van der Waals surface area contributed by atoms with Gasteiger partial charge in [-0.15, -0.1) is 10.2 Å². The zero-order chi connectivity index (χ0) is 24.2. The summed E-state index contributed by atoms with van der Waals surface area (Å²) in [5.41, 5.74) is 3.53. The first-order chi connectivity index (χ1) is 16.4. The summed E-state index contributed by atoms with van der Waals surface area (Å²) in [6.07, 6.45) is 1.73. The monoisotopic (exact) mass is 497 g/mol. The highest BCUT2D eigenvalue weighted by Gasteiger charge is 2.34. The molecule has 0 saturated carbocycles. The molecule has 1 N–H and O–H groups in total. The Morgan fingerprint density at radius 3 is 2.50 bits per heavy atom. The molecule has 0 bridgehead atoms. The first-order valence-electron chi connectivity index (χ1n) is 11.4. The van der Waals surface area contributed by atoms with Gasteiger partial charge in [0.25, 0.3) is 5.91 Å². The van der Waals surface area contributed by atoms with Gasteiger partial charge in [-0.3, -0.25) is 9.59 Å². The molecule has 0 aliphatic carbocycles. The lowest BCUT2D eigenvalue weighted by Gasteiger charge is -2.24. The maximum absolute atomic E-state index is 13.2. The molecule has 178 valence electrons. The summed E-state index contributed by atoms with van der Waals surface area (Å²) in [5, 5.41) is 13.1. The molecule has 1 unspecified atom stereocenters. The normalized spacial score (nSPS) is 15.5. The molecule has 2 aromatic carbocycles. The van der Waals surface area contributed by atoms with E-state index in [4.69, 9.17) is 11.6 Å². The van der Waals surface area contributed by atoms with E-state index < -0.39 is 0 Å². The fraction of sp³-hybridized carbons (Fsp3) is 0.360. The van der Waals surface area contributed by atoms with Crippen LogP contribution in [0.1, 0.15) is 53.1 Å². The van der Waals surface area contributed by atoms with E-state index in [0.717, 1.165) is 35.5 Å². The zero-order valence-corrected chi connectivity index (χ0v) is 21.1. The molecule has 34 heavy (non-hydrogen) atoms. The molecule has 3 aromatic rings. The molecule has 1 aliphatic rings. The smallest absolute Gasteiger partial charge is 0.254 e. The van der Waals surface area contributed by atoms with Gasteiger partial charge in [0, 0.05) is 29.4 Å². The van der Waals surface area contributed by atoms with E-state index in [-0.39, 0.29) is 23.6 Å². The minimum Gasteiger partial charge on any atom is -0.328 e. The number of hydrogen-bond donors (Lipinski definition) is 1. The number of rotatable bonds is 7. The van der Waals surface area contributed by atoms with Crippen molar-refractivity contribution < 1.29 is 9.59 Å². The number of nitrogens with one attached hydrogen (secondary N) is 1. The number of thioether (sulfide) groups is 1. The highest BCUT2D eigenvalue weighted by molar-refractivity contribution is 7.99. The van der Waals surface area contributed by atoms with Gasteiger partial charge in [0.2, 0.25) is 5.91 Å². The van der Waals surface area contributed by atoms with Gasteiger partial charge in [-0.1, -0.05) is 41.6 Å². The van der Waals surface area contributed by atoms with Crippen LogP contribution in [0.2, 0.25) is 5.02 Å². The molecule has 2 amide bonds. The Morgan fingerprint density at radius 1 is 1.12 bits per heavy atom. The first kappa shape index (κ1) is 24.3. The Labute approximate surface area is 208 Å². The van der Waals surface area contributed by atoms with Crippen LogP contribution in [0.4, 0.5) is 5.69 Å². The summed E-state index contributed by atoms with van der Waals surface area (Å²) in [7, 11) is 0. The zero-order valence-electron chi connectivity index (χ0n) is 19.5.